The Balaban J connectivity index is 2.40. The minimum Gasteiger partial charge on any atom is -0.481 e. The molecule has 0 aliphatic rings. The standard InChI is InChI=1S/C11H14BrClO2S/c1-2-7(11(14)15)4-3-5-8-6-9(13)16-10(8)12/h6-7H,2-5H2,1H3,(H,14,15). The number of carboxylic acid groups (broad SMARTS) is 1. The van der Waals surface area contributed by atoms with E-state index in [1.54, 1.807) is 0 Å². The summed E-state index contributed by atoms with van der Waals surface area (Å²) in [6, 6.07) is 1.94. The monoisotopic (exact) mass is 324 g/mol. The van der Waals surface area contributed by atoms with Gasteiger partial charge in [0.2, 0.25) is 0 Å². The summed E-state index contributed by atoms with van der Waals surface area (Å²) in [5, 5.41) is 8.90. The third kappa shape index (κ3) is 4.07. The molecule has 0 fully saturated rings. The molecule has 0 amide bonds. The van der Waals surface area contributed by atoms with Gasteiger partial charge in [-0.15, -0.1) is 11.3 Å². The first kappa shape index (κ1) is 14.0. The normalized spacial score (nSPS) is 12.7. The van der Waals surface area contributed by atoms with Gasteiger partial charge < -0.3 is 5.11 Å². The Hall–Kier alpha value is -0.0600. The predicted molar refractivity (Wildman–Crippen MR) is 71.4 cm³/mol. The highest BCUT2D eigenvalue weighted by molar-refractivity contribution is 9.11. The van der Waals surface area contributed by atoms with Crippen molar-refractivity contribution in [3.8, 4) is 0 Å². The number of carbonyl (C=O) groups is 1. The molecule has 0 aromatic carbocycles. The predicted octanol–water partition coefficient (Wildman–Crippen LogP) is 4.60. The van der Waals surface area contributed by atoms with Gasteiger partial charge in [0, 0.05) is 0 Å². The van der Waals surface area contributed by atoms with Crippen LogP contribution in [0.25, 0.3) is 0 Å². The summed E-state index contributed by atoms with van der Waals surface area (Å²) in [5.74, 6) is -0.905. The SMILES string of the molecule is CCC(CCCc1cc(Cl)sc1Br)C(=O)O. The van der Waals surface area contributed by atoms with Crippen molar-refractivity contribution in [3.05, 3.63) is 19.8 Å². The molecule has 0 saturated heterocycles. The van der Waals surface area contributed by atoms with Gasteiger partial charge in [0.15, 0.2) is 0 Å². The van der Waals surface area contributed by atoms with Crippen molar-refractivity contribution in [2.24, 2.45) is 5.92 Å². The summed E-state index contributed by atoms with van der Waals surface area (Å²) in [5.41, 5.74) is 1.18. The minimum atomic E-state index is -0.690. The van der Waals surface area contributed by atoms with E-state index in [0.29, 0.717) is 6.42 Å². The number of thiophene rings is 1. The molecule has 5 heteroatoms. The largest absolute Gasteiger partial charge is 0.481 e. The van der Waals surface area contributed by atoms with Crippen LogP contribution in [-0.4, -0.2) is 11.1 Å². The lowest BCUT2D eigenvalue weighted by atomic mass is 9.98. The van der Waals surface area contributed by atoms with Crippen LogP contribution in [0.15, 0.2) is 9.85 Å². The first-order chi connectivity index (χ1) is 7.54. The van der Waals surface area contributed by atoms with Crippen molar-refractivity contribution in [2.45, 2.75) is 32.6 Å². The summed E-state index contributed by atoms with van der Waals surface area (Å²) < 4.78 is 1.83. The number of rotatable bonds is 6. The van der Waals surface area contributed by atoms with E-state index in [1.807, 2.05) is 13.0 Å². The van der Waals surface area contributed by atoms with Crippen LogP contribution in [-0.2, 0) is 11.2 Å². The summed E-state index contributed by atoms with van der Waals surface area (Å²) in [6.45, 7) is 1.91. The second-order valence-corrected chi connectivity index (χ2v) is 6.69. The van der Waals surface area contributed by atoms with Crippen LogP contribution < -0.4 is 0 Å². The smallest absolute Gasteiger partial charge is 0.306 e. The Morgan fingerprint density at radius 2 is 2.38 bits per heavy atom. The Morgan fingerprint density at radius 3 is 2.81 bits per heavy atom. The van der Waals surface area contributed by atoms with E-state index in [0.717, 1.165) is 27.4 Å². The van der Waals surface area contributed by atoms with E-state index in [9.17, 15) is 4.79 Å². The van der Waals surface area contributed by atoms with Crippen LogP contribution in [0, 0.1) is 5.92 Å². The molecule has 1 N–H and O–H groups in total. The first-order valence-corrected chi connectivity index (χ1v) is 7.19. The molecule has 0 spiro atoms. The maximum atomic E-state index is 10.8. The van der Waals surface area contributed by atoms with Crippen molar-refractivity contribution < 1.29 is 9.90 Å². The average molecular weight is 326 g/mol. The van der Waals surface area contributed by atoms with E-state index in [1.165, 1.54) is 16.9 Å². The highest BCUT2D eigenvalue weighted by Crippen LogP contribution is 2.32. The highest BCUT2D eigenvalue weighted by Gasteiger charge is 2.14. The van der Waals surface area contributed by atoms with Gasteiger partial charge in [0.25, 0.3) is 0 Å². The molecule has 1 rings (SSSR count). The van der Waals surface area contributed by atoms with Gasteiger partial charge >= 0.3 is 5.97 Å². The van der Waals surface area contributed by atoms with E-state index < -0.39 is 5.97 Å². The number of hydrogen-bond acceptors (Lipinski definition) is 2. The summed E-state index contributed by atoms with van der Waals surface area (Å²) in [4.78, 5) is 10.8. The highest BCUT2D eigenvalue weighted by atomic mass is 79.9. The van der Waals surface area contributed by atoms with Gasteiger partial charge in [-0.3, -0.25) is 4.79 Å². The number of aliphatic carboxylic acids is 1. The molecule has 1 atom stereocenters. The number of halogens is 2. The Labute approximate surface area is 113 Å². The third-order valence-electron chi connectivity index (χ3n) is 2.57. The van der Waals surface area contributed by atoms with E-state index in [4.69, 9.17) is 16.7 Å². The Bertz CT molecular complexity index is 365. The van der Waals surface area contributed by atoms with Gasteiger partial charge in [0.05, 0.1) is 14.0 Å². The van der Waals surface area contributed by atoms with Crippen molar-refractivity contribution >= 4 is 44.8 Å². The van der Waals surface area contributed by atoms with Crippen LogP contribution in [0.1, 0.15) is 31.7 Å². The lowest BCUT2D eigenvalue weighted by Gasteiger charge is -2.08. The molecular formula is C11H14BrClO2S. The molecule has 1 aromatic rings. The van der Waals surface area contributed by atoms with Gasteiger partial charge in [-0.25, -0.2) is 0 Å². The maximum Gasteiger partial charge on any atom is 0.306 e. The summed E-state index contributed by atoms with van der Waals surface area (Å²) in [6.07, 6.45) is 3.19. The number of hydrogen-bond donors (Lipinski definition) is 1. The van der Waals surface area contributed by atoms with Crippen molar-refractivity contribution in [1.82, 2.24) is 0 Å². The van der Waals surface area contributed by atoms with Crippen molar-refractivity contribution in [1.29, 1.82) is 0 Å². The molecule has 90 valence electrons. The lowest BCUT2D eigenvalue weighted by Crippen LogP contribution is -2.12. The molecule has 0 bridgehead atoms. The molecule has 0 radical (unpaired) electrons. The summed E-state index contributed by atoms with van der Waals surface area (Å²) >= 11 is 10.8. The van der Waals surface area contributed by atoms with Crippen molar-refractivity contribution in [3.63, 3.8) is 0 Å². The molecule has 0 aliphatic heterocycles. The fourth-order valence-electron chi connectivity index (χ4n) is 1.59. The Morgan fingerprint density at radius 1 is 1.69 bits per heavy atom. The fraction of sp³-hybridized carbons (Fsp3) is 0.545. The van der Waals surface area contributed by atoms with Gasteiger partial charge in [-0.05, 0) is 53.2 Å². The first-order valence-electron chi connectivity index (χ1n) is 5.21. The van der Waals surface area contributed by atoms with Gasteiger partial charge in [-0.1, -0.05) is 18.5 Å². The number of carboxylic acids is 1. The quantitative estimate of drug-likeness (QED) is 0.830. The zero-order chi connectivity index (χ0) is 12.1. The zero-order valence-corrected chi connectivity index (χ0v) is 12.2. The molecule has 1 unspecified atom stereocenters. The second kappa shape index (κ2) is 6.62. The molecule has 1 heterocycles. The average Bonchev–Trinajstić information content (AvgIpc) is 2.52. The maximum absolute atomic E-state index is 10.8. The van der Waals surface area contributed by atoms with E-state index >= 15 is 0 Å². The topological polar surface area (TPSA) is 37.3 Å². The third-order valence-corrected chi connectivity index (χ3v) is 4.66. The molecule has 2 nitrogen and oxygen atoms in total. The van der Waals surface area contributed by atoms with Crippen LogP contribution >= 0.6 is 38.9 Å². The molecule has 0 aliphatic carbocycles. The van der Waals surface area contributed by atoms with Gasteiger partial charge in [-0.2, -0.15) is 0 Å². The molecule has 0 saturated carbocycles. The molecule has 1 aromatic heterocycles. The summed E-state index contributed by atoms with van der Waals surface area (Å²) in [7, 11) is 0. The second-order valence-electron chi connectivity index (χ2n) is 3.69. The van der Waals surface area contributed by atoms with Crippen LogP contribution in [0.2, 0.25) is 4.34 Å². The molecule has 16 heavy (non-hydrogen) atoms. The van der Waals surface area contributed by atoms with Crippen molar-refractivity contribution in [2.75, 3.05) is 0 Å². The number of aryl methyl sites for hydroxylation is 1. The zero-order valence-electron chi connectivity index (χ0n) is 9.00. The van der Waals surface area contributed by atoms with E-state index in [2.05, 4.69) is 15.9 Å². The minimum absolute atomic E-state index is 0.215. The Kier molecular flexibility index (Phi) is 5.79. The van der Waals surface area contributed by atoms with E-state index in [-0.39, 0.29) is 5.92 Å². The lowest BCUT2D eigenvalue weighted by molar-refractivity contribution is -0.142. The van der Waals surface area contributed by atoms with Crippen LogP contribution in [0.4, 0.5) is 0 Å². The van der Waals surface area contributed by atoms with Gasteiger partial charge in [0.1, 0.15) is 0 Å². The van der Waals surface area contributed by atoms with Crippen LogP contribution in [0.3, 0.4) is 0 Å². The van der Waals surface area contributed by atoms with Crippen LogP contribution in [0.5, 0.6) is 0 Å². The fourth-order valence-corrected chi connectivity index (χ4v) is 3.73. The molecular weight excluding hydrogens is 312 g/mol.